The minimum atomic E-state index is -0.447. The molecule has 0 fully saturated rings. The molecule has 0 saturated heterocycles. The van der Waals surface area contributed by atoms with Gasteiger partial charge in [-0.1, -0.05) is 19.1 Å². The average molecular weight is 353 g/mol. The fraction of sp³-hybridized carbons (Fsp3) is 0.200. The van der Waals surface area contributed by atoms with Crippen molar-refractivity contribution >= 4 is 27.3 Å². The predicted octanol–water partition coefficient (Wildman–Crippen LogP) is 5.06. The van der Waals surface area contributed by atoms with Crippen LogP contribution in [0.5, 0.6) is 0 Å². The van der Waals surface area contributed by atoms with Crippen molar-refractivity contribution in [3.63, 3.8) is 0 Å². The summed E-state index contributed by atoms with van der Waals surface area (Å²) in [5.74, 6) is -0.280. The Balaban J connectivity index is 2.23. The average Bonchev–Trinajstić information content (AvgIpc) is 2.44. The first kappa shape index (κ1) is 15.4. The van der Waals surface area contributed by atoms with E-state index in [-0.39, 0.29) is 17.5 Å². The van der Waals surface area contributed by atoms with Crippen LogP contribution in [0, 0.1) is 15.9 Å². The van der Waals surface area contributed by atoms with Crippen LogP contribution in [0.4, 0.5) is 15.8 Å². The topological polar surface area (TPSA) is 55.2 Å². The van der Waals surface area contributed by atoms with E-state index in [2.05, 4.69) is 21.2 Å². The van der Waals surface area contributed by atoms with Crippen molar-refractivity contribution in [2.24, 2.45) is 0 Å². The Labute approximate surface area is 130 Å². The Hall–Kier alpha value is -1.95. The second-order valence-corrected chi connectivity index (χ2v) is 5.44. The van der Waals surface area contributed by atoms with Crippen LogP contribution in [0.25, 0.3) is 0 Å². The van der Waals surface area contributed by atoms with Gasteiger partial charge in [-0.25, -0.2) is 4.39 Å². The molecule has 110 valence electrons. The highest BCUT2D eigenvalue weighted by Crippen LogP contribution is 2.30. The highest BCUT2D eigenvalue weighted by Gasteiger charge is 2.14. The van der Waals surface area contributed by atoms with Crippen molar-refractivity contribution in [3.05, 3.63) is 68.4 Å². The number of nitro groups is 1. The van der Waals surface area contributed by atoms with E-state index >= 15 is 0 Å². The van der Waals surface area contributed by atoms with Crippen LogP contribution in [0.2, 0.25) is 0 Å². The van der Waals surface area contributed by atoms with Crippen LogP contribution < -0.4 is 5.32 Å². The Morgan fingerprint density at radius 2 is 2.10 bits per heavy atom. The van der Waals surface area contributed by atoms with Crippen molar-refractivity contribution in [1.82, 2.24) is 0 Å². The van der Waals surface area contributed by atoms with Crippen LogP contribution in [0.3, 0.4) is 0 Å². The molecular weight excluding hydrogens is 339 g/mol. The number of benzene rings is 2. The van der Waals surface area contributed by atoms with Crippen molar-refractivity contribution < 1.29 is 9.31 Å². The minimum Gasteiger partial charge on any atom is -0.378 e. The van der Waals surface area contributed by atoms with Gasteiger partial charge in [0.25, 0.3) is 5.69 Å². The smallest absolute Gasteiger partial charge is 0.283 e. The van der Waals surface area contributed by atoms with Gasteiger partial charge in [0.2, 0.25) is 0 Å². The maximum absolute atomic E-state index is 13.3. The lowest BCUT2D eigenvalue weighted by Gasteiger charge is -2.19. The van der Waals surface area contributed by atoms with Crippen LogP contribution in [0.15, 0.2) is 46.9 Å². The number of hydrogen-bond acceptors (Lipinski definition) is 3. The van der Waals surface area contributed by atoms with Crippen molar-refractivity contribution in [2.75, 3.05) is 5.32 Å². The summed E-state index contributed by atoms with van der Waals surface area (Å²) >= 11 is 3.19. The zero-order valence-electron chi connectivity index (χ0n) is 11.3. The maximum Gasteiger partial charge on any atom is 0.283 e. The van der Waals surface area contributed by atoms with E-state index in [0.29, 0.717) is 4.47 Å². The summed E-state index contributed by atoms with van der Waals surface area (Å²) in [7, 11) is 0. The number of nitro benzene ring substituents is 1. The summed E-state index contributed by atoms with van der Waals surface area (Å²) in [6, 6.07) is 11.1. The Morgan fingerprint density at radius 3 is 2.67 bits per heavy atom. The second kappa shape index (κ2) is 6.67. The van der Waals surface area contributed by atoms with Crippen molar-refractivity contribution in [3.8, 4) is 0 Å². The molecule has 1 N–H and O–H groups in total. The van der Waals surface area contributed by atoms with E-state index in [4.69, 9.17) is 0 Å². The molecule has 0 spiro atoms. The van der Waals surface area contributed by atoms with Crippen molar-refractivity contribution in [1.29, 1.82) is 0 Å². The van der Waals surface area contributed by atoms with Gasteiger partial charge in [-0.05, 0) is 52.2 Å². The summed E-state index contributed by atoms with van der Waals surface area (Å²) in [5.41, 5.74) is 1.59. The molecule has 0 aliphatic carbocycles. The normalized spacial score (nSPS) is 12.0. The van der Waals surface area contributed by atoms with Gasteiger partial charge in [-0.2, -0.15) is 0 Å². The van der Waals surface area contributed by atoms with E-state index in [0.717, 1.165) is 17.7 Å². The maximum atomic E-state index is 13.3. The van der Waals surface area contributed by atoms with Gasteiger partial charge in [-0.15, -0.1) is 0 Å². The molecule has 0 amide bonds. The van der Waals surface area contributed by atoms with E-state index < -0.39 is 4.92 Å². The first-order valence-electron chi connectivity index (χ1n) is 6.47. The number of nitrogens with zero attached hydrogens (tertiary/aromatic N) is 1. The number of rotatable bonds is 5. The highest BCUT2D eigenvalue weighted by atomic mass is 79.9. The number of hydrogen-bond donors (Lipinski definition) is 1. The standard InChI is InChI=1S/C15H14BrFN2O2/c1-2-14(10-4-3-5-11(17)8-10)18-12-6-7-15(19(20)21)13(16)9-12/h3-9,14,18H,2H2,1H3. The molecule has 2 aromatic rings. The first-order chi connectivity index (χ1) is 10.0. The SMILES string of the molecule is CCC(Nc1ccc([N+](=O)[O-])c(Br)c1)c1cccc(F)c1. The third-order valence-electron chi connectivity index (χ3n) is 3.14. The van der Waals surface area contributed by atoms with E-state index in [9.17, 15) is 14.5 Å². The predicted molar refractivity (Wildman–Crippen MR) is 83.9 cm³/mol. The summed E-state index contributed by atoms with van der Waals surface area (Å²) in [4.78, 5) is 10.3. The van der Waals surface area contributed by atoms with Crippen LogP contribution in [0.1, 0.15) is 24.9 Å². The van der Waals surface area contributed by atoms with Gasteiger partial charge in [0.15, 0.2) is 0 Å². The Kier molecular flexibility index (Phi) is 4.90. The fourth-order valence-electron chi connectivity index (χ4n) is 2.09. The molecule has 0 heterocycles. The molecule has 0 bridgehead atoms. The van der Waals surface area contributed by atoms with E-state index in [1.807, 2.05) is 13.0 Å². The zero-order valence-corrected chi connectivity index (χ0v) is 12.9. The lowest BCUT2D eigenvalue weighted by molar-refractivity contribution is -0.385. The summed E-state index contributed by atoms with van der Waals surface area (Å²) in [6.07, 6.45) is 0.762. The molecule has 0 saturated carbocycles. The summed E-state index contributed by atoms with van der Waals surface area (Å²) < 4.78 is 13.7. The molecule has 21 heavy (non-hydrogen) atoms. The monoisotopic (exact) mass is 352 g/mol. The third kappa shape index (κ3) is 3.78. The van der Waals surface area contributed by atoms with E-state index in [1.54, 1.807) is 18.2 Å². The van der Waals surface area contributed by atoms with Crippen molar-refractivity contribution in [2.45, 2.75) is 19.4 Å². The van der Waals surface area contributed by atoms with Gasteiger partial charge in [0.1, 0.15) is 5.82 Å². The number of nitrogens with one attached hydrogen (secondary N) is 1. The van der Waals surface area contributed by atoms with E-state index in [1.165, 1.54) is 18.2 Å². The van der Waals surface area contributed by atoms with Gasteiger partial charge in [-0.3, -0.25) is 10.1 Å². The third-order valence-corrected chi connectivity index (χ3v) is 3.78. The molecule has 4 nitrogen and oxygen atoms in total. The Morgan fingerprint density at radius 1 is 1.33 bits per heavy atom. The number of halogens is 2. The fourth-order valence-corrected chi connectivity index (χ4v) is 2.61. The molecule has 6 heteroatoms. The Bertz CT molecular complexity index is 664. The van der Waals surface area contributed by atoms with Gasteiger partial charge >= 0.3 is 0 Å². The molecule has 0 aromatic heterocycles. The molecule has 1 atom stereocenters. The molecule has 0 aliphatic rings. The molecule has 1 unspecified atom stereocenters. The van der Waals surface area contributed by atoms with Gasteiger partial charge < -0.3 is 5.32 Å². The largest absolute Gasteiger partial charge is 0.378 e. The quantitative estimate of drug-likeness (QED) is 0.604. The minimum absolute atomic E-state index is 0.0133. The molecule has 0 aliphatic heterocycles. The van der Waals surface area contributed by atoms with Crippen LogP contribution in [-0.2, 0) is 0 Å². The van der Waals surface area contributed by atoms with Crippen LogP contribution in [-0.4, -0.2) is 4.92 Å². The first-order valence-corrected chi connectivity index (χ1v) is 7.26. The summed E-state index contributed by atoms with van der Waals surface area (Å²) in [5, 5.41) is 14.0. The second-order valence-electron chi connectivity index (χ2n) is 4.58. The van der Waals surface area contributed by atoms with Gasteiger partial charge in [0, 0.05) is 11.8 Å². The highest BCUT2D eigenvalue weighted by molar-refractivity contribution is 9.10. The molecule has 2 rings (SSSR count). The number of anilines is 1. The zero-order chi connectivity index (χ0) is 15.4. The van der Waals surface area contributed by atoms with Gasteiger partial charge in [0.05, 0.1) is 15.4 Å². The van der Waals surface area contributed by atoms with Crippen LogP contribution >= 0.6 is 15.9 Å². The molecule has 2 aromatic carbocycles. The molecular formula is C15H14BrFN2O2. The molecule has 0 radical (unpaired) electrons. The summed E-state index contributed by atoms with van der Waals surface area (Å²) in [6.45, 7) is 1.99. The lowest BCUT2D eigenvalue weighted by Crippen LogP contribution is -2.10. The lowest BCUT2D eigenvalue weighted by atomic mass is 10.0.